The van der Waals surface area contributed by atoms with Crippen LogP contribution in [0.5, 0.6) is 0 Å². The molecule has 1 aliphatic rings. The van der Waals surface area contributed by atoms with Crippen molar-refractivity contribution >= 4 is 56.9 Å². The summed E-state index contributed by atoms with van der Waals surface area (Å²) in [5.74, 6) is -0.535. The molecule has 0 radical (unpaired) electrons. The van der Waals surface area contributed by atoms with Crippen LogP contribution in [0.3, 0.4) is 0 Å². The van der Waals surface area contributed by atoms with Crippen molar-refractivity contribution in [3.05, 3.63) is 99.7 Å². The van der Waals surface area contributed by atoms with Gasteiger partial charge >= 0.3 is 0 Å². The molecule has 5 aromatic rings. The Balaban J connectivity index is 1.37. The molecule has 1 aliphatic heterocycles. The average molecular weight is 673 g/mol. The largest absolute Gasteiger partial charge is 0.388 e. The van der Waals surface area contributed by atoms with E-state index in [2.05, 4.69) is 69.1 Å². The molecule has 0 unspecified atom stereocenters. The van der Waals surface area contributed by atoms with E-state index in [0.29, 0.717) is 38.6 Å². The Bertz CT molecular complexity index is 1960. The second kappa shape index (κ2) is 13.4. The maximum absolute atomic E-state index is 13.9. The first kappa shape index (κ1) is 32.5. The third-order valence-electron chi connectivity index (χ3n) is 8.66. The molecule has 1 saturated heterocycles. The number of hydrogen-bond acceptors (Lipinski definition) is 8. The molecule has 0 aliphatic carbocycles. The zero-order valence-corrected chi connectivity index (χ0v) is 28.2. The number of nitrogens with zero attached hydrogens (tertiary/aromatic N) is 6. The summed E-state index contributed by atoms with van der Waals surface area (Å²) >= 11 is 12.9. The number of piperidine rings is 1. The van der Waals surface area contributed by atoms with E-state index in [1.165, 1.54) is 18.3 Å². The number of aromatic nitrogens is 4. The normalized spacial score (nSPS) is 14.9. The van der Waals surface area contributed by atoms with Gasteiger partial charge in [-0.15, -0.1) is 5.10 Å². The molecule has 12 heteroatoms. The quantitative estimate of drug-likeness (QED) is 0.151. The highest BCUT2D eigenvalue weighted by atomic mass is 35.5. The van der Waals surface area contributed by atoms with Gasteiger partial charge in [0, 0.05) is 54.3 Å². The second-order valence-electron chi connectivity index (χ2n) is 12.7. The van der Waals surface area contributed by atoms with Crippen molar-refractivity contribution in [3.8, 4) is 6.07 Å². The third-order valence-corrected chi connectivity index (χ3v) is 9.24. The van der Waals surface area contributed by atoms with Gasteiger partial charge in [-0.2, -0.15) is 5.26 Å². The minimum absolute atomic E-state index is 0.0355. The summed E-state index contributed by atoms with van der Waals surface area (Å²) in [6.45, 7) is 8.77. The minimum Gasteiger partial charge on any atom is -0.388 e. The van der Waals surface area contributed by atoms with Gasteiger partial charge in [0.2, 0.25) is 0 Å². The zero-order chi connectivity index (χ0) is 33.3. The van der Waals surface area contributed by atoms with Crippen LogP contribution >= 0.6 is 23.2 Å². The predicted molar refractivity (Wildman–Crippen MR) is 187 cm³/mol. The molecule has 0 spiro atoms. The third kappa shape index (κ3) is 6.98. The van der Waals surface area contributed by atoms with Crippen LogP contribution in [0.4, 0.5) is 27.1 Å². The molecule has 242 valence electrons. The molecule has 1 fully saturated rings. The van der Waals surface area contributed by atoms with Gasteiger partial charge in [0.05, 0.1) is 45.1 Å². The Kier molecular flexibility index (Phi) is 9.24. The van der Waals surface area contributed by atoms with Crippen LogP contribution in [0.25, 0.3) is 10.9 Å². The topological polar surface area (TPSA) is 107 Å². The summed E-state index contributed by atoms with van der Waals surface area (Å²) in [5, 5.41) is 30.3. The van der Waals surface area contributed by atoms with Gasteiger partial charge in [-0.05, 0) is 81.6 Å². The first-order chi connectivity index (χ1) is 22.5. The summed E-state index contributed by atoms with van der Waals surface area (Å²) in [4.78, 5) is 6.99. The van der Waals surface area contributed by atoms with E-state index in [0.717, 1.165) is 42.9 Å². The molecule has 2 aromatic heterocycles. The van der Waals surface area contributed by atoms with Gasteiger partial charge in [0.15, 0.2) is 0 Å². The maximum Gasteiger partial charge on any atom is 0.141 e. The fraction of sp³-hybridized carbons (Fsp3) is 0.314. The van der Waals surface area contributed by atoms with Crippen molar-refractivity contribution in [1.29, 1.82) is 5.26 Å². The van der Waals surface area contributed by atoms with Crippen LogP contribution in [0, 0.1) is 17.1 Å². The van der Waals surface area contributed by atoms with Crippen molar-refractivity contribution in [2.24, 2.45) is 0 Å². The molecule has 3 N–H and O–H groups in total. The monoisotopic (exact) mass is 671 g/mol. The number of nitriles is 1. The van der Waals surface area contributed by atoms with E-state index >= 15 is 0 Å². The summed E-state index contributed by atoms with van der Waals surface area (Å²) in [5.41, 5.74) is 5.32. The number of rotatable bonds is 8. The molecule has 9 nitrogen and oxygen atoms in total. The van der Waals surface area contributed by atoms with Gasteiger partial charge in [0.25, 0.3) is 0 Å². The lowest BCUT2D eigenvalue weighted by molar-refractivity contribution is 0.0866. The van der Waals surface area contributed by atoms with E-state index in [9.17, 15) is 9.65 Å². The lowest BCUT2D eigenvalue weighted by atomic mass is 9.98. The molecule has 6 rings (SSSR count). The van der Waals surface area contributed by atoms with Crippen molar-refractivity contribution in [1.82, 2.24) is 24.9 Å². The second-order valence-corrected chi connectivity index (χ2v) is 13.5. The predicted octanol–water partition coefficient (Wildman–Crippen LogP) is 8.57. The highest BCUT2D eigenvalue weighted by Gasteiger charge is 2.29. The molecule has 3 aromatic carbocycles. The summed E-state index contributed by atoms with van der Waals surface area (Å²) in [6.07, 6.45) is 5.49. The molecule has 47 heavy (non-hydrogen) atoms. The molecule has 0 bridgehead atoms. The van der Waals surface area contributed by atoms with E-state index < -0.39 is 5.82 Å². The number of likely N-dealkylation sites (tertiary alicyclic amines) is 1. The van der Waals surface area contributed by atoms with E-state index in [1.54, 1.807) is 6.07 Å². The van der Waals surface area contributed by atoms with Crippen molar-refractivity contribution in [3.63, 3.8) is 0 Å². The Morgan fingerprint density at radius 1 is 1.00 bits per heavy atom. The van der Waals surface area contributed by atoms with E-state index in [1.807, 2.05) is 48.3 Å². The van der Waals surface area contributed by atoms with Crippen LogP contribution in [-0.2, 0) is 0 Å². The molecule has 1 atom stereocenters. The summed E-state index contributed by atoms with van der Waals surface area (Å²) < 4.78 is 15.9. The lowest BCUT2D eigenvalue weighted by Crippen LogP contribution is -2.46. The Labute approximate surface area is 283 Å². The number of benzene rings is 3. The van der Waals surface area contributed by atoms with Gasteiger partial charge in [-0.25, -0.2) is 9.07 Å². The van der Waals surface area contributed by atoms with Gasteiger partial charge in [-0.3, -0.25) is 9.88 Å². The fourth-order valence-corrected chi connectivity index (χ4v) is 6.50. The van der Waals surface area contributed by atoms with Crippen LogP contribution in [0.1, 0.15) is 62.5 Å². The number of hydrogen-bond donors (Lipinski definition) is 3. The molecule has 0 amide bonds. The number of halogens is 3. The Hall–Kier alpha value is -4.43. The Morgan fingerprint density at radius 3 is 2.47 bits per heavy atom. The van der Waals surface area contributed by atoms with Crippen LogP contribution < -0.4 is 16.0 Å². The zero-order valence-electron chi connectivity index (χ0n) is 26.7. The number of fused-ring (bicyclic) bond motifs is 1. The van der Waals surface area contributed by atoms with Crippen molar-refractivity contribution < 1.29 is 4.39 Å². The molecular weight excluding hydrogens is 636 g/mol. The first-order valence-electron chi connectivity index (χ1n) is 15.5. The van der Waals surface area contributed by atoms with Gasteiger partial charge in [-0.1, -0.05) is 40.5 Å². The fourth-order valence-electron chi connectivity index (χ4n) is 6.05. The van der Waals surface area contributed by atoms with Gasteiger partial charge in [0.1, 0.15) is 17.6 Å². The van der Waals surface area contributed by atoms with Crippen LogP contribution in [-0.4, -0.2) is 50.6 Å². The highest BCUT2D eigenvalue weighted by Crippen LogP contribution is 2.38. The van der Waals surface area contributed by atoms with E-state index in [4.69, 9.17) is 23.2 Å². The van der Waals surface area contributed by atoms with Crippen LogP contribution in [0.15, 0.2) is 67.0 Å². The number of anilines is 4. The first-order valence-corrected chi connectivity index (χ1v) is 16.2. The SMILES string of the molecule is CNc1cccc([C@H](Nc2cc(Cl)c3ncc(C#N)c(Nc4ccc(F)c(Cl)c4)c3c2)c2cn(C3CCN(C(C)(C)C)CC3)nn2)c1. The molecule has 3 heterocycles. The van der Waals surface area contributed by atoms with Crippen LogP contribution in [0.2, 0.25) is 10.0 Å². The molecule has 0 saturated carbocycles. The van der Waals surface area contributed by atoms with Crippen molar-refractivity contribution in [2.45, 2.75) is 51.2 Å². The Morgan fingerprint density at radius 2 is 1.77 bits per heavy atom. The number of pyridine rings is 1. The standard InChI is InChI=1S/C35H36Cl2FN9/c1-35(2,3)46-12-10-26(11-13-46)47-20-31(44-45-47)33(21-6-5-7-23(14-21)40-4)43-25-15-27-32(42-24-8-9-30(38)28(36)16-24)22(18-39)19-41-34(27)29(37)17-25/h5-9,14-17,19-20,26,33,40,43H,10-13H2,1-4H3,(H,41,42)/t33-/m0/s1. The lowest BCUT2D eigenvalue weighted by Gasteiger charge is -2.40. The minimum atomic E-state index is -0.535. The maximum atomic E-state index is 13.9. The average Bonchev–Trinajstić information content (AvgIpc) is 3.55. The smallest absolute Gasteiger partial charge is 0.141 e. The van der Waals surface area contributed by atoms with E-state index in [-0.39, 0.29) is 22.6 Å². The van der Waals surface area contributed by atoms with Gasteiger partial charge < -0.3 is 16.0 Å². The molecular formula is C35H36Cl2FN9. The summed E-state index contributed by atoms with van der Waals surface area (Å²) in [7, 11) is 1.88. The van der Waals surface area contributed by atoms with Crippen molar-refractivity contribution in [2.75, 3.05) is 36.1 Å². The summed E-state index contributed by atoms with van der Waals surface area (Å²) in [6, 6.07) is 18.2. The number of nitrogens with one attached hydrogen (secondary N) is 3. The highest BCUT2D eigenvalue weighted by molar-refractivity contribution is 6.36.